The Labute approximate surface area is 99.8 Å². The number of aliphatic hydroxyl groups is 1. The van der Waals surface area contributed by atoms with Crippen LogP contribution >= 0.6 is 11.8 Å². The third-order valence-corrected chi connectivity index (χ3v) is 3.69. The lowest BCUT2D eigenvalue weighted by atomic mass is 10.2. The van der Waals surface area contributed by atoms with Crippen molar-refractivity contribution in [3.8, 4) is 0 Å². The van der Waals surface area contributed by atoms with Gasteiger partial charge in [0.05, 0.1) is 11.9 Å². The van der Waals surface area contributed by atoms with Crippen LogP contribution in [0.15, 0.2) is 4.52 Å². The highest BCUT2D eigenvalue weighted by molar-refractivity contribution is 7.99. The first kappa shape index (κ1) is 13.5. The zero-order valence-corrected chi connectivity index (χ0v) is 10.7. The smallest absolute Gasteiger partial charge is 0.246 e. The van der Waals surface area contributed by atoms with Crippen molar-refractivity contribution in [1.29, 1.82) is 0 Å². The summed E-state index contributed by atoms with van der Waals surface area (Å²) in [6.07, 6.45) is 0.429. The molecule has 0 aromatic carbocycles. The Hall–Kier alpha value is -0.590. The van der Waals surface area contributed by atoms with E-state index in [2.05, 4.69) is 24.0 Å². The van der Waals surface area contributed by atoms with Crippen molar-refractivity contribution in [1.82, 2.24) is 10.1 Å². The van der Waals surface area contributed by atoms with E-state index >= 15 is 0 Å². The van der Waals surface area contributed by atoms with Crippen LogP contribution in [-0.4, -0.2) is 26.6 Å². The molecular weight excluding hydrogens is 226 g/mol. The maximum absolute atomic E-state index is 9.28. The Balaban J connectivity index is 2.51. The van der Waals surface area contributed by atoms with E-state index in [-0.39, 0.29) is 0 Å². The summed E-state index contributed by atoms with van der Waals surface area (Å²) < 4.78 is 4.99. The van der Waals surface area contributed by atoms with Gasteiger partial charge in [0.1, 0.15) is 6.04 Å². The fourth-order valence-electron chi connectivity index (χ4n) is 1.00. The Morgan fingerprint density at radius 2 is 2.19 bits per heavy atom. The van der Waals surface area contributed by atoms with Gasteiger partial charge in [-0.15, -0.1) is 0 Å². The van der Waals surface area contributed by atoms with E-state index in [1.165, 1.54) is 0 Å². The van der Waals surface area contributed by atoms with Gasteiger partial charge in [-0.1, -0.05) is 19.0 Å². The lowest BCUT2D eigenvalue weighted by Crippen LogP contribution is -2.23. The van der Waals surface area contributed by atoms with Crippen LogP contribution < -0.4 is 5.73 Å². The van der Waals surface area contributed by atoms with Crippen molar-refractivity contribution < 1.29 is 9.63 Å². The van der Waals surface area contributed by atoms with Crippen molar-refractivity contribution >= 4 is 11.8 Å². The fraction of sp³-hybridized carbons (Fsp3) is 0.800. The van der Waals surface area contributed by atoms with Gasteiger partial charge in [0.25, 0.3) is 0 Å². The topological polar surface area (TPSA) is 85.2 Å². The average Bonchev–Trinajstić information content (AvgIpc) is 2.73. The van der Waals surface area contributed by atoms with Crippen molar-refractivity contribution in [3.05, 3.63) is 11.7 Å². The molecular formula is C10H19N3O2S. The van der Waals surface area contributed by atoms with Crippen molar-refractivity contribution in [3.63, 3.8) is 0 Å². The predicted molar refractivity (Wildman–Crippen MR) is 64.0 cm³/mol. The molecule has 1 aromatic heterocycles. The largest absolute Gasteiger partial charge is 0.391 e. The van der Waals surface area contributed by atoms with Gasteiger partial charge in [-0.2, -0.15) is 16.7 Å². The monoisotopic (exact) mass is 245 g/mol. The highest BCUT2D eigenvalue weighted by Crippen LogP contribution is 2.19. The number of hydrogen-bond acceptors (Lipinski definition) is 6. The SMILES string of the molecule is CCC(C)SCc1noc(C(N)C(C)O)n1. The van der Waals surface area contributed by atoms with Crippen LogP contribution in [0.5, 0.6) is 0 Å². The number of nitrogens with two attached hydrogens (primary N) is 1. The van der Waals surface area contributed by atoms with Gasteiger partial charge < -0.3 is 15.4 Å². The quantitative estimate of drug-likeness (QED) is 0.789. The molecule has 1 rings (SSSR count). The molecule has 1 heterocycles. The maximum Gasteiger partial charge on any atom is 0.246 e. The zero-order valence-electron chi connectivity index (χ0n) is 9.88. The first-order valence-electron chi connectivity index (χ1n) is 5.42. The highest BCUT2D eigenvalue weighted by Gasteiger charge is 2.19. The summed E-state index contributed by atoms with van der Waals surface area (Å²) in [6.45, 7) is 5.90. The van der Waals surface area contributed by atoms with Crippen LogP contribution in [0.25, 0.3) is 0 Å². The molecule has 16 heavy (non-hydrogen) atoms. The Morgan fingerprint density at radius 1 is 1.50 bits per heavy atom. The molecule has 3 atom stereocenters. The second-order valence-corrected chi connectivity index (χ2v) is 5.27. The molecule has 0 spiro atoms. The standard InChI is InChI=1S/C10H19N3O2S/c1-4-6(2)16-5-8-12-10(15-13-8)9(11)7(3)14/h6-7,9,14H,4-5,11H2,1-3H3. The summed E-state index contributed by atoms with van der Waals surface area (Å²) in [5, 5.41) is 13.7. The van der Waals surface area contributed by atoms with Gasteiger partial charge >= 0.3 is 0 Å². The zero-order chi connectivity index (χ0) is 12.1. The lowest BCUT2D eigenvalue weighted by molar-refractivity contribution is 0.146. The van der Waals surface area contributed by atoms with Gasteiger partial charge in [-0.05, 0) is 13.3 Å². The normalized spacial score (nSPS) is 17.1. The predicted octanol–water partition coefficient (Wildman–Crippen LogP) is 1.48. The molecule has 92 valence electrons. The van der Waals surface area contributed by atoms with Gasteiger partial charge in [0.15, 0.2) is 5.82 Å². The minimum Gasteiger partial charge on any atom is -0.391 e. The average molecular weight is 245 g/mol. The summed E-state index contributed by atoms with van der Waals surface area (Å²) >= 11 is 1.77. The lowest BCUT2D eigenvalue weighted by Gasteiger charge is -2.08. The minimum atomic E-state index is -0.685. The summed E-state index contributed by atoms with van der Waals surface area (Å²) in [7, 11) is 0. The van der Waals surface area contributed by atoms with E-state index < -0.39 is 12.1 Å². The molecule has 1 aromatic rings. The number of hydrogen-bond donors (Lipinski definition) is 2. The van der Waals surface area contributed by atoms with E-state index in [1.54, 1.807) is 18.7 Å². The van der Waals surface area contributed by atoms with E-state index in [1.807, 2.05) is 0 Å². The molecule has 0 fully saturated rings. The summed E-state index contributed by atoms with van der Waals surface area (Å²) in [4.78, 5) is 4.15. The molecule has 5 nitrogen and oxygen atoms in total. The second kappa shape index (κ2) is 6.22. The minimum absolute atomic E-state index is 0.301. The third kappa shape index (κ3) is 3.77. The van der Waals surface area contributed by atoms with Crippen LogP contribution in [0.3, 0.4) is 0 Å². The number of nitrogens with zero attached hydrogens (tertiary/aromatic N) is 2. The van der Waals surface area contributed by atoms with E-state index in [0.29, 0.717) is 22.7 Å². The Bertz CT molecular complexity index is 317. The molecule has 0 aliphatic rings. The summed E-state index contributed by atoms with van der Waals surface area (Å²) in [5.74, 6) is 1.65. The van der Waals surface area contributed by atoms with Crippen LogP contribution in [0, 0.1) is 0 Å². The van der Waals surface area contributed by atoms with Crippen molar-refractivity contribution in [2.75, 3.05) is 0 Å². The summed E-state index contributed by atoms with van der Waals surface area (Å²) in [6, 6.07) is -0.602. The van der Waals surface area contributed by atoms with Gasteiger partial charge in [0, 0.05) is 5.25 Å². The van der Waals surface area contributed by atoms with Crippen LogP contribution in [-0.2, 0) is 5.75 Å². The van der Waals surface area contributed by atoms with Crippen molar-refractivity contribution in [2.45, 2.75) is 50.3 Å². The van der Waals surface area contributed by atoms with Crippen LogP contribution in [0.2, 0.25) is 0 Å². The van der Waals surface area contributed by atoms with Gasteiger partial charge in [-0.3, -0.25) is 0 Å². The van der Waals surface area contributed by atoms with E-state index in [4.69, 9.17) is 10.3 Å². The Morgan fingerprint density at radius 3 is 2.75 bits per heavy atom. The number of aromatic nitrogens is 2. The molecule has 3 N–H and O–H groups in total. The molecule has 0 radical (unpaired) electrons. The molecule has 3 unspecified atom stereocenters. The van der Waals surface area contributed by atoms with Gasteiger partial charge in [-0.25, -0.2) is 0 Å². The highest BCUT2D eigenvalue weighted by atomic mass is 32.2. The molecule has 0 amide bonds. The first-order valence-corrected chi connectivity index (χ1v) is 6.47. The van der Waals surface area contributed by atoms with Crippen molar-refractivity contribution in [2.24, 2.45) is 5.73 Å². The number of thioether (sulfide) groups is 1. The molecule has 0 saturated carbocycles. The molecule has 0 bridgehead atoms. The number of aliphatic hydroxyl groups excluding tert-OH is 1. The van der Waals surface area contributed by atoms with Crippen LogP contribution in [0.1, 0.15) is 44.9 Å². The third-order valence-electron chi connectivity index (χ3n) is 2.36. The van der Waals surface area contributed by atoms with Crippen LogP contribution in [0.4, 0.5) is 0 Å². The Kier molecular flexibility index (Phi) is 5.24. The van der Waals surface area contributed by atoms with E-state index in [9.17, 15) is 5.11 Å². The maximum atomic E-state index is 9.28. The first-order chi connectivity index (χ1) is 7.54. The molecule has 6 heteroatoms. The second-order valence-electron chi connectivity index (χ2n) is 3.85. The molecule has 0 aliphatic heterocycles. The summed E-state index contributed by atoms with van der Waals surface area (Å²) in [5.41, 5.74) is 5.68. The number of rotatable bonds is 6. The van der Waals surface area contributed by atoms with Gasteiger partial charge in [0.2, 0.25) is 5.89 Å². The fourth-order valence-corrected chi connectivity index (χ4v) is 1.79. The van der Waals surface area contributed by atoms with E-state index in [0.717, 1.165) is 6.42 Å². The molecule has 0 aliphatic carbocycles. The molecule has 0 saturated heterocycles.